The van der Waals surface area contributed by atoms with Gasteiger partial charge in [0.1, 0.15) is 12.4 Å². The van der Waals surface area contributed by atoms with Gasteiger partial charge in [0.15, 0.2) is 0 Å². The van der Waals surface area contributed by atoms with E-state index in [1.165, 1.54) is 0 Å². The van der Waals surface area contributed by atoms with E-state index in [0.717, 1.165) is 22.3 Å². The van der Waals surface area contributed by atoms with Crippen LogP contribution in [0, 0.1) is 6.92 Å². The minimum atomic E-state index is 0.374. The van der Waals surface area contributed by atoms with Crippen LogP contribution in [0.4, 0.5) is 5.69 Å². The molecule has 1 heterocycles. The third kappa shape index (κ3) is 4.21. The molecule has 0 fully saturated rings. The van der Waals surface area contributed by atoms with E-state index in [-0.39, 0.29) is 0 Å². The number of benzene rings is 3. The Morgan fingerprint density at radius 3 is 2.59 bits per heavy atom. The van der Waals surface area contributed by atoms with Gasteiger partial charge in [-0.05, 0) is 54.4 Å². The van der Waals surface area contributed by atoms with E-state index >= 15 is 0 Å². The molecule has 1 aromatic heterocycles. The number of hydrogen-bond donors (Lipinski definition) is 1. The van der Waals surface area contributed by atoms with Crippen LogP contribution in [-0.2, 0) is 6.61 Å². The van der Waals surface area contributed by atoms with E-state index in [0.29, 0.717) is 39.8 Å². The molecule has 29 heavy (non-hydrogen) atoms. The van der Waals surface area contributed by atoms with Crippen LogP contribution in [0.25, 0.3) is 22.8 Å². The first-order valence-electron chi connectivity index (χ1n) is 8.87. The Hall–Kier alpha value is -3.02. The lowest BCUT2D eigenvalue weighted by atomic mass is 10.1. The molecular weight excluding hydrogens is 409 g/mol. The Morgan fingerprint density at radius 2 is 1.83 bits per heavy atom. The van der Waals surface area contributed by atoms with Crippen molar-refractivity contribution in [2.75, 3.05) is 5.73 Å². The van der Waals surface area contributed by atoms with Crippen molar-refractivity contribution >= 4 is 28.9 Å². The first kappa shape index (κ1) is 19.3. The lowest BCUT2D eigenvalue weighted by Gasteiger charge is -2.08. The minimum Gasteiger partial charge on any atom is -0.487 e. The minimum absolute atomic E-state index is 0.374. The van der Waals surface area contributed by atoms with Crippen LogP contribution >= 0.6 is 23.2 Å². The van der Waals surface area contributed by atoms with Gasteiger partial charge in [-0.3, -0.25) is 0 Å². The first-order chi connectivity index (χ1) is 14.0. The van der Waals surface area contributed by atoms with Gasteiger partial charge in [0.2, 0.25) is 5.82 Å². The van der Waals surface area contributed by atoms with Crippen molar-refractivity contribution in [3.8, 4) is 28.6 Å². The number of ether oxygens (including phenoxy) is 1. The molecule has 5 nitrogen and oxygen atoms in total. The Kier molecular flexibility index (Phi) is 5.43. The molecule has 0 radical (unpaired) electrons. The largest absolute Gasteiger partial charge is 0.487 e. The van der Waals surface area contributed by atoms with E-state index in [4.69, 9.17) is 38.2 Å². The summed E-state index contributed by atoms with van der Waals surface area (Å²) in [7, 11) is 0. The van der Waals surface area contributed by atoms with Crippen molar-refractivity contribution in [3.63, 3.8) is 0 Å². The molecule has 146 valence electrons. The van der Waals surface area contributed by atoms with Gasteiger partial charge in [0.25, 0.3) is 5.89 Å². The van der Waals surface area contributed by atoms with Crippen LogP contribution in [0.5, 0.6) is 5.75 Å². The smallest absolute Gasteiger partial charge is 0.258 e. The molecule has 4 aromatic rings. The number of aromatic nitrogens is 2. The summed E-state index contributed by atoms with van der Waals surface area (Å²) in [4.78, 5) is 4.50. The van der Waals surface area contributed by atoms with E-state index < -0.39 is 0 Å². The van der Waals surface area contributed by atoms with Crippen molar-refractivity contribution in [1.29, 1.82) is 0 Å². The van der Waals surface area contributed by atoms with Crippen molar-refractivity contribution in [1.82, 2.24) is 10.1 Å². The molecule has 0 aliphatic heterocycles. The van der Waals surface area contributed by atoms with Gasteiger partial charge in [-0.25, -0.2) is 0 Å². The molecule has 0 saturated heterocycles. The number of nitrogens with zero attached hydrogens (tertiary/aromatic N) is 2. The topological polar surface area (TPSA) is 74.2 Å². The quantitative estimate of drug-likeness (QED) is 0.386. The van der Waals surface area contributed by atoms with Crippen LogP contribution in [0.15, 0.2) is 65.2 Å². The van der Waals surface area contributed by atoms with Gasteiger partial charge in [-0.1, -0.05) is 52.6 Å². The standard InChI is InChI=1S/C22H17Cl2N3O2/c1-13-17(3-2-4-19(13)25)21-26-22(29-27-21)15-7-5-14(6-8-15)12-28-20-10-9-16(23)11-18(20)24/h2-11H,12,25H2,1H3. The zero-order chi connectivity index (χ0) is 20.4. The van der Waals surface area contributed by atoms with Crippen LogP contribution in [0.1, 0.15) is 11.1 Å². The highest BCUT2D eigenvalue weighted by molar-refractivity contribution is 6.35. The SMILES string of the molecule is Cc1c(N)cccc1-c1noc(-c2ccc(COc3ccc(Cl)cc3Cl)cc2)n1. The van der Waals surface area contributed by atoms with Crippen molar-refractivity contribution in [2.45, 2.75) is 13.5 Å². The normalized spacial score (nSPS) is 10.9. The van der Waals surface area contributed by atoms with Gasteiger partial charge < -0.3 is 15.0 Å². The lowest BCUT2D eigenvalue weighted by Crippen LogP contribution is -1.96. The first-order valence-corrected chi connectivity index (χ1v) is 9.63. The summed E-state index contributed by atoms with van der Waals surface area (Å²) in [5.74, 6) is 1.53. The second-order valence-electron chi connectivity index (χ2n) is 6.50. The summed E-state index contributed by atoms with van der Waals surface area (Å²) in [6.07, 6.45) is 0. The molecule has 0 amide bonds. The summed E-state index contributed by atoms with van der Waals surface area (Å²) in [6, 6.07) is 18.5. The van der Waals surface area contributed by atoms with Gasteiger partial charge in [0, 0.05) is 21.8 Å². The summed E-state index contributed by atoms with van der Waals surface area (Å²) in [6.45, 7) is 2.31. The van der Waals surface area contributed by atoms with E-state index in [1.807, 2.05) is 49.4 Å². The van der Waals surface area contributed by atoms with Gasteiger partial charge >= 0.3 is 0 Å². The Labute approximate surface area is 178 Å². The molecule has 0 saturated carbocycles. The third-order valence-electron chi connectivity index (χ3n) is 4.53. The van der Waals surface area contributed by atoms with Crippen LogP contribution < -0.4 is 10.5 Å². The summed E-state index contributed by atoms with van der Waals surface area (Å²) in [5, 5.41) is 5.13. The molecule has 0 spiro atoms. The van der Waals surface area contributed by atoms with Crippen molar-refractivity contribution < 1.29 is 9.26 Å². The second kappa shape index (κ2) is 8.15. The summed E-state index contributed by atoms with van der Waals surface area (Å²) >= 11 is 12.0. The van der Waals surface area contributed by atoms with E-state index in [1.54, 1.807) is 18.2 Å². The van der Waals surface area contributed by atoms with E-state index in [2.05, 4.69) is 10.1 Å². The van der Waals surface area contributed by atoms with Gasteiger partial charge in [-0.15, -0.1) is 0 Å². The average molecular weight is 426 g/mol. The molecule has 0 unspecified atom stereocenters. The Bertz CT molecular complexity index is 1160. The molecule has 3 aromatic carbocycles. The highest BCUT2D eigenvalue weighted by Gasteiger charge is 2.13. The fourth-order valence-corrected chi connectivity index (χ4v) is 3.31. The number of halogens is 2. The highest BCUT2D eigenvalue weighted by Crippen LogP contribution is 2.29. The predicted octanol–water partition coefficient (Wildman–Crippen LogP) is 6.18. The molecule has 0 aliphatic rings. The molecular formula is C22H17Cl2N3O2. The third-order valence-corrected chi connectivity index (χ3v) is 5.06. The lowest BCUT2D eigenvalue weighted by molar-refractivity contribution is 0.306. The monoisotopic (exact) mass is 425 g/mol. The highest BCUT2D eigenvalue weighted by atomic mass is 35.5. The molecule has 2 N–H and O–H groups in total. The molecule has 7 heteroatoms. The van der Waals surface area contributed by atoms with Crippen molar-refractivity contribution in [3.05, 3.63) is 81.8 Å². The second-order valence-corrected chi connectivity index (χ2v) is 7.35. The maximum Gasteiger partial charge on any atom is 0.258 e. The molecule has 4 rings (SSSR count). The number of rotatable bonds is 5. The zero-order valence-corrected chi connectivity index (χ0v) is 17.0. The van der Waals surface area contributed by atoms with Crippen LogP contribution in [0.2, 0.25) is 10.0 Å². The fourth-order valence-electron chi connectivity index (χ4n) is 2.84. The number of nitrogen functional groups attached to an aromatic ring is 1. The molecule has 0 aliphatic carbocycles. The molecule has 0 bridgehead atoms. The van der Waals surface area contributed by atoms with Crippen molar-refractivity contribution in [2.24, 2.45) is 0 Å². The molecule has 0 atom stereocenters. The van der Waals surface area contributed by atoms with Crippen LogP contribution in [-0.4, -0.2) is 10.1 Å². The fraction of sp³-hybridized carbons (Fsp3) is 0.0909. The average Bonchev–Trinajstić information content (AvgIpc) is 3.20. The summed E-state index contributed by atoms with van der Waals surface area (Å²) in [5.41, 5.74) is 10.2. The predicted molar refractivity (Wildman–Crippen MR) is 115 cm³/mol. The zero-order valence-electron chi connectivity index (χ0n) is 15.5. The van der Waals surface area contributed by atoms with Gasteiger partial charge in [0.05, 0.1) is 5.02 Å². The van der Waals surface area contributed by atoms with Crippen LogP contribution in [0.3, 0.4) is 0 Å². The number of anilines is 1. The Balaban J connectivity index is 1.48. The summed E-state index contributed by atoms with van der Waals surface area (Å²) < 4.78 is 11.2. The number of nitrogens with two attached hydrogens (primary N) is 1. The van der Waals surface area contributed by atoms with Gasteiger partial charge in [-0.2, -0.15) is 4.98 Å². The number of hydrogen-bond acceptors (Lipinski definition) is 5. The maximum atomic E-state index is 6.13. The maximum absolute atomic E-state index is 6.13. The Morgan fingerprint density at radius 1 is 1.03 bits per heavy atom. The van der Waals surface area contributed by atoms with E-state index in [9.17, 15) is 0 Å².